The van der Waals surface area contributed by atoms with E-state index in [1.54, 1.807) is 19.3 Å². The van der Waals surface area contributed by atoms with Crippen molar-refractivity contribution < 1.29 is 0 Å². The highest BCUT2D eigenvalue weighted by molar-refractivity contribution is 5.51. The highest BCUT2D eigenvalue weighted by atomic mass is 15.0. The van der Waals surface area contributed by atoms with E-state index in [2.05, 4.69) is 16.4 Å². The van der Waals surface area contributed by atoms with Gasteiger partial charge in [-0.2, -0.15) is 5.26 Å². The summed E-state index contributed by atoms with van der Waals surface area (Å²) in [6.07, 6.45) is 1.73. The van der Waals surface area contributed by atoms with Crippen LogP contribution in [0.5, 0.6) is 0 Å². The van der Waals surface area contributed by atoms with E-state index in [0.717, 1.165) is 5.56 Å². The molecule has 0 aliphatic carbocycles. The van der Waals surface area contributed by atoms with Crippen LogP contribution in [0.2, 0.25) is 0 Å². The monoisotopic (exact) mass is 147 g/mol. The van der Waals surface area contributed by atoms with Crippen LogP contribution in [0.1, 0.15) is 11.1 Å². The van der Waals surface area contributed by atoms with Gasteiger partial charge in [-0.05, 0) is 18.6 Å². The molecule has 1 heterocycles. The van der Waals surface area contributed by atoms with Crippen LogP contribution in [-0.4, -0.2) is 12.0 Å². The third-order valence-electron chi connectivity index (χ3n) is 1.38. The Kier molecular flexibility index (Phi) is 2.07. The molecule has 0 aliphatic rings. The van der Waals surface area contributed by atoms with Gasteiger partial charge in [-0.1, -0.05) is 0 Å². The second kappa shape index (κ2) is 3.02. The van der Waals surface area contributed by atoms with E-state index in [0.29, 0.717) is 11.4 Å². The number of anilines is 1. The minimum absolute atomic E-state index is 0.590. The van der Waals surface area contributed by atoms with Crippen LogP contribution in [0, 0.1) is 18.3 Å². The Morgan fingerprint density at radius 2 is 2.36 bits per heavy atom. The van der Waals surface area contributed by atoms with Gasteiger partial charge in [0, 0.05) is 13.2 Å². The summed E-state index contributed by atoms with van der Waals surface area (Å²) in [5.41, 5.74) is 1.59. The maximum atomic E-state index is 8.64. The first kappa shape index (κ1) is 7.55. The molecule has 1 N–H and O–H groups in total. The van der Waals surface area contributed by atoms with Crippen LogP contribution in [0.4, 0.5) is 5.82 Å². The Hall–Kier alpha value is -1.56. The molecule has 0 unspecified atom stereocenters. The van der Waals surface area contributed by atoms with E-state index in [4.69, 9.17) is 5.26 Å². The minimum atomic E-state index is 0.590. The fourth-order valence-electron chi connectivity index (χ4n) is 0.854. The lowest BCUT2D eigenvalue weighted by molar-refractivity contribution is 1.23. The van der Waals surface area contributed by atoms with Crippen molar-refractivity contribution >= 4 is 5.82 Å². The lowest BCUT2D eigenvalue weighted by atomic mass is 10.2. The molecule has 0 saturated heterocycles. The number of rotatable bonds is 1. The maximum Gasteiger partial charge on any atom is 0.143 e. The van der Waals surface area contributed by atoms with Gasteiger partial charge in [0.25, 0.3) is 0 Å². The molecule has 0 fully saturated rings. The summed E-state index contributed by atoms with van der Waals surface area (Å²) in [6, 6.07) is 3.87. The largest absolute Gasteiger partial charge is 0.372 e. The number of hydrogen-bond acceptors (Lipinski definition) is 3. The maximum absolute atomic E-state index is 8.64. The number of nitrogens with one attached hydrogen (secondary N) is 1. The molecule has 0 atom stereocenters. The van der Waals surface area contributed by atoms with Crippen molar-refractivity contribution in [3.05, 3.63) is 23.4 Å². The topological polar surface area (TPSA) is 48.7 Å². The van der Waals surface area contributed by atoms with Gasteiger partial charge in [0.2, 0.25) is 0 Å². The molecule has 0 saturated carbocycles. The van der Waals surface area contributed by atoms with E-state index in [-0.39, 0.29) is 0 Å². The Bertz CT molecular complexity index is 299. The lowest BCUT2D eigenvalue weighted by Crippen LogP contribution is -1.95. The number of hydrogen-bond donors (Lipinski definition) is 1. The van der Waals surface area contributed by atoms with Crippen molar-refractivity contribution in [3.8, 4) is 6.07 Å². The Morgan fingerprint density at radius 3 is 2.91 bits per heavy atom. The first-order chi connectivity index (χ1) is 5.27. The van der Waals surface area contributed by atoms with Crippen molar-refractivity contribution in [2.24, 2.45) is 0 Å². The van der Waals surface area contributed by atoms with E-state index < -0.39 is 0 Å². The zero-order chi connectivity index (χ0) is 8.27. The van der Waals surface area contributed by atoms with Gasteiger partial charge in [0.1, 0.15) is 11.9 Å². The molecule has 1 aromatic heterocycles. The van der Waals surface area contributed by atoms with Crippen LogP contribution in [-0.2, 0) is 0 Å². The molecule has 3 heteroatoms. The van der Waals surface area contributed by atoms with E-state index in [9.17, 15) is 0 Å². The molecule has 0 aliphatic heterocycles. The third kappa shape index (κ3) is 1.47. The molecular weight excluding hydrogens is 138 g/mol. The number of aryl methyl sites for hydroxylation is 1. The SMILES string of the molecule is CNc1ncc(C)cc1C#N. The third-order valence-corrected chi connectivity index (χ3v) is 1.38. The molecule has 56 valence electrons. The first-order valence-corrected chi connectivity index (χ1v) is 3.32. The van der Waals surface area contributed by atoms with Gasteiger partial charge in [-0.25, -0.2) is 4.98 Å². The molecule has 1 rings (SSSR count). The summed E-state index contributed by atoms with van der Waals surface area (Å²) < 4.78 is 0. The van der Waals surface area contributed by atoms with Crippen LogP contribution in [0.15, 0.2) is 12.3 Å². The number of pyridine rings is 1. The fraction of sp³-hybridized carbons (Fsp3) is 0.250. The smallest absolute Gasteiger partial charge is 0.143 e. The molecule has 0 spiro atoms. The molecule has 0 bridgehead atoms. The summed E-state index contributed by atoms with van der Waals surface area (Å²) in [4.78, 5) is 4.03. The summed E-state index contributed by atoms with van der Waals surface area (Å²) in [7, 11) is 1.75. The van der Waals surface area contributed by atoms with E-state index in [1.807, 2.05) is 6.92 Å². The highest BCUT2D eigenvalue weighted by Gasteiger charge is 1.99. The first-order valence-electron chi connectivity index (χ1n) is 3.32. The minimum Gasteiger partial charge on any atom is -0.372 e. The fourth-order valence-corrected chi connectivity index (χ4v) is 0.854. The second-order valence-corrected chi connectivity index (χ2v) is 2.27. The van der Waals surface area contributed by atoms with Crippen molar-refractivity contribution in [1.29, 1.82) is 5.26 Å². The zero-order valence-corrected chi connectivity index (χ0v) is 6.55. The van der Waals surface area contributed by atoms with Crippen molar-refractivity contribution in [3.63, 3.8) is 0 Å². The van der Waals surface area contributed by atoms with Gasteiger partial charge in [-0.3, -0.25) is 0 Å². The van der Waals surface area contributed by atoms with Crippen molar-refractivity contribution in [1.82, 2.24) is 4.98 Å². The van der Waals surface area contributed by atoms with Crippen LogP contribution < -0.4 is 5.32 Å². The van der Waals surface area contributed by atoms with Crippen LogP contribution in [0.3, 0.4) is 0 Å². The van der Waals surface area contributed by atoms with Gasteiger partial charge in [0.05, 0.1) is 5.56 Å². The summed E-state index contributed by atoms with van der Waals surface area (Å²) in [5, 5.41) is 11.5. The predicted octanol–water partition coefficient (Wildman–Crippen LogP) is 1.30. The summed E-state index contributed by atoms with van der Waals surface area (Å²) in [5.74, 6) is 0.637. The predicted molar refractivity (Wildman–Crippen MR) is 43.2 cm³/mol. The Morgan fingerprint density at radius 1 is 1.64 bits per heavy atom. The summed E-state index contributed by atoms with van der Waals surface area (Å²) in [6.45, 7) is 1.91. The Balaban J connectivity index is 3.19. The molecule has 3 nitrogen and oxygen atoms in total. The van der Waals surface area contributed by atoms with Gasteiger partial charge >= 0.3 is 0 Å². The molecule has 11 heavy (non-hydrogen) atoms. The standard InChI is InChI=1S/C8H9N3/c1-6-3-7(4-9)8(10-2)11-5-6/h3,5H,1-2H3,(H,10,11). The van der Waals surface area contributed by atoms with Crippen molar-refractivity contribution in [2.45, 2.75) is 6.92 Å². The molecule has 0 radical (unpaired) electrons. The second-order valence-electron chi connectivity index (χ2n) is 2.27. The number of aromatic nitrogens is 1. The van der Waals surface area contributed by atoms with E-state index >= 15 is 0 Å². The average Bonchev–Trinajstić information content (AvgIpc) is 2.04. The molecular formula is C8H9N3. The van der Waals surface area contributed by atoms with Crippen LogP contribution in [0.25, 0.3) is 0 Å². The summed E-state index contributed by atoms with van der Waals surface area (Å²) >= 11 is 0. The van der Waals surface area contributed by atoms with Gasteiger partial charge < -0.3 is 5.32 Å². The van der Waals surface area contributed by atoms with Crippen LogP contribution >= 0.6 is 0 Å². The van der Waals surface area contributed by atoms with Gasteiger partial charge in [-0.15, -0.1) is 0 Å². The number of nitriles is 1. The zero-order valence-electron chi connectivity index (χ0n) is 6.55. The molecule has 0 aromatic carbocycles. The van der Waals surface area contributed by atoms with Gasteiger partial charge in [0.15, 0.2) is 0 Å². The molecule has 1 aromatic rings. The quantitative estimate of drug-likeness (QED) is 0.651. The average molecular weight is 147 g/mol. The normalized spacial score (nSPS) is 8.82. The molecule has 0 amide bonds. The number of nitrogens with zero attached hydrogens (tertiary/aromatic N) is 2. The highest BCUT2D eigenvalue weighted by Crippen LogP contribution is 2.10. The van der Waals surface area contributed by atoms with Crippen molar-refractivity contribution in [2.75, 3.05) is 12.4 Å². The van der Waals surface area contributed by atoms with E-state index in [1.165, 1.54) is 0 Å². The lowest BCUT2D eigenvalue weighted by Gasteiger charge is -2.00. The Labute approximate surface area is 65.7 Å².